The Morgan fingerprint density at radius 1 is 1.10 bits per heavy atom. The van der Waals surface area contributed by atoms with Crippen molar-refractivity contribution in [2.24, 2.45) is 5.41 Å². The highest BCUT2D eigenvalue weighted by atomic mass is 32.2. The number of benzene rings is 1. The predicted molar refractivity (Wildman–Crippen MR) is 159 cm³/mol. The summed E-state index contributed by atoms with van der Waals surface area (Å²) in [6, 6.07) is 6.22. The summed E-state index contributed by atoms with van der Waals surface area (Å²) < 4.78 is 5.39. The minimum Gasteiger partial charge on any atom is -0.444 e. The molecule has 2 fully saturated rings. The van der Waals surface area contributed by atoms with E-state index in [-0.39, 0.29) is 28.8 Å². The van der Waals surface area contributed by atoms with Crippen LogP contribution in [0.1, 0.15) is 84.4 Å². The van der Waals surface area contributed by atoms with Gasteiger partial charge >= 0.3 is 12.1 Å². The number of nitrogens with one attached hydrogen (secondary N) is 3. The molecule has 226 valence electrons. The second kappa shape index (κ2) is 12.1. The Hall–Kier alpha value is -2.95. The summed E-state index contributed by atoms with van der Waals surface area (Å²) in [7, 11) is 1.51. The van der Waals surface area contributed by atoms with Gasteiger partial charge in [0.05, 0.1) is 11.4 Å². The van der Waals surface area contributed by atoms with Crippen molar-refractivity contribution >= 4 is 35.7 Å². The molecule has 11 heteroatoms. The van der Waals surface area contributed by atoms with Crippen LogP contribution in [-0.2, 0) is 20.7 Å². The van der Waals surface area contributed by atoms with E-state index in [1.54, 1.807) is 44.4 Å². The van der Waals surface area contributed by atoms with Crippen LogP contribution in [0, 0.1) is 5.41 Å². The number of aryl methyl sites for hydroxylation is 1. The van der Waals surface area contributed by atoms with Gasteiger partial charge in [0.15, 0.2) is 0 Å². The SMILES string of the molecule is C[C@@H](C(=O)NC1CCS[C@H]2CC(C)(C)[C@@H](NC(=O)NC3CCCc4ccccc43)N2C1=O)N(C)C(=O)OC(C)(C)C. The molecular formula is C30H45N5O5S. The first-order valence-corrected chi connectivity index (χ1v) is 15.6. The maximum Gasteiger partial charge on any atom is 0.410 e. The van der Waals surface area contributed by atoms with E-state index in [1.807, 2.05) is 12.1 Å². The molecule has 2 saturated heterocycles. The van der Waals surface area contributed by atoms with E-state index in [1.165, 1.54) is 17.5 Å². The lowest BCUT2D eigenvalue weighted by atomic mass is 9.87. The van der Waals surface area contributed by atoms with Crippen molar-refractivity contribution in [2.45, 2.75) is 109 Å². The second-order valence-corrected chi connectivity index (χ2v) is 14.3. The van der Waals surface area contributed by atoms with Crippen molar-refractivity contribution in [3.05, 3.63) is 35.4 Å². The van der Waals surface area contributed by atoms with E-state index < -0.39 is 35.9 Å². The van der Waals surface area contributed by atoms with Gasteiger partial charge in [-0.3, -0.25) is 14.5 Å². The van der Waals surface area contributed by atoms with Crippen molar-refractivity contribution in [3.8, 4) is 0 Å². The van der Waals surface area contributed by atoms with Gasteiger partial charge in [-0.25, -0.2) is 9.59 Å². The summed E-state index contributed by atoms with van der Waals surface area (Å²) in [6.45, 7) is 11.0. The molecule has 0 saturated carbocycles. The lowest BCUT2D eigenvalue weighted by Crippen LogP contribution is -2.60. The monoisotopic (exact) mass is 587 g/mol. The summed E-state index contributed by atoms with van der Waals surface area (Å²) in [6.07, 6.45) is 2.91. The molecule has 2 heterocycles. The third-order valence-electron chi connectivity index (χ3n) is 8.20. The molecule has 1 aromatic carbocycles. The highest BCUT2D eigenvalue weighted by Gasteiger charge is 2.52. The number of carbonyl (C=O) groups is 4. The lowest BCUT2D eigenvalue weighted by molar-refractivity contribution is -0.139. The van der Waals surface area contributed by atoms with Gasteiger partial charge in [0.2, 0.25) is 11.8 Å². The maximum atomic E-state index is 13.9. The van der Waals surface area contributed by atoms with Gasteiger partial charge in [0.1, 0.15) is 23.9 Å². The minimum atomic E-state index is -0.836. The van der Waals surface area contributed by atoms with Crippen LogP contribution < -0.4 is 16.0 Å². The first-order chi connectivity index (χ1) is 19.2. The average Bonchev–Trinajstić information content (AvgIpc) is 3.04. The number of likely N-dealkylation sites (N-methyl/N-ethyl adjacent to an activating group) is 1. The van der Waals surface area contributed by atoms with E-state index in [0.29, 0.717) is 12.2 Å². The van der Waals surface area contributed by atoms with Gasteiger partial charge in [-0.2, -0.15) is 0 Å². The van der Waals surface area contributed by atoms with Gasteiger partial charge in [-0.1, -0.05) is 38.1 Å². The van der Waals surface area contributed by atoms with Crippen molar-refractivity contribution in [2.75, 3.05) is 12.8 Å². The zero-order valence-electron chi connectivity index (χ0n) is 25.3. The lowest BCUT2D eigenvalue weighted by Gasteiger charge is -2.36. The van der Waals surface area contributed by atoms with Crippen molar-refractivity contribution in [1.29, 1.82) is 0 Å². The van der Waals surface area contributed by atoms with E-state index in [2.05, 4.69) is 41.9 Å². The minimum absolute atomic E-state index is 0.0787. The van der Waals surface area contributed by atoms with Crippen LogP contribution in [0.25, 0.3) is 0 Å². The Labute approximate surface area is 247 Å². The molecular weight excluding hydrogens is 542 g/mol. The molecule has 10 nitrogen and oxygen atoms in total. The van der Waals surface area contributed by atoms with Crippen molar-refractivity contribution in [3.63, 3.8) is 0 Å². The Balaban J connectivity index is 1.44. The fourth-order valence-electron chi connectivity index (χ4n) is 5.82. The largest absolute Gasteiger partial charge is 0.444 e. The number of urea groups is 1. The van der Waals surface area contributed by atoms with Crippen LogP contribution in [0.2, 0.25) is 0 Å². The van der Waals surface area contributed by atoms with E-state index in [9.17, 15) is 19.2 Å². The number of hydrogen-bond donors (Lipinski definition) is 3. The summed E-state index contributed by atoms with van der Waals surface area (Å²) in [5.74, 6) is 0.0262. The maximum absolute atomic E-state index is 13.9. The van der Waals surface area contributed by atoms with Crippen LogP contribution in [0.3, 0.4) is 0 Å². The van der Waals surface area contributed by atoms with E-state index >= 15 is 0 Å². The number of fused-ring (bicyclic) bond motifs is 2. The zero-order chi connectivity index (χ0) is 30.1. The van der Waals surface area contributed by atoms with Crippen LogP contribution >= 0.6 is 11.8 Å². The predicted octanol–water partition coefficient (Wildman–Crippen LogP) is 4.15. The van der Waals surface area contributed by atoms with Crippen LogP contribution in [-0.4, -0.2) is 75.8 Å². The van der Waals surface area contributed by atoms with Gasteiger partial charge in [0, 0.05) is 12.5 Å². The molecule has 5 atom stereocenters. The molecule has 1 aliphatic carbocycles. The molecule has 0 aromatic heterocycles. The third kappa shape index (κ3) is 7.10. The van der Waals surface area contributed by atoms with Crippen molar-refractivity contribution in [1.82, 2.24) is 25.8 Å². The molecule has 2 aliphatic heterocycles. The van der Waals surface area contributed by atoms with Crippen LogP contribution in [0.5, 0.6) is 0 Å². The fraction of sp³-hybridized carbons (Fsp3) is 0.667. The van der Waals surface area contributed by atoms with Gasteiger partial charge < -0.3 is 25.6 Å². The second-order valence-electron chi connectivity index (χ2n) is 13.0. The van der Waals surface area contributed by atoms with Gasteiger partial charge in [0.25, 0.3) is 0 Å². The number of amides is 5. The summed E-state index contributed by atoms with van der Waals surface area (Å²) in [5.41, 5.74) is 1.34. The molecule has 4 rings (SSSR count). The van der Waals surface area contributed by atoms with E-state index in [0.717, 1.165) is 31.2 Å². The molecule has 3 N–H and O–H groups in total. The first kappa shape index (κ1) is 31.0. The highest BCUT2D eigenvalue weighted by Crippen LogP contribution is 2.45. The molecule has 5 amide bonds. The number of hydrogen-bond acceptors (Lipinski definition) is 6. The normalized spacial score (nSPS) is 26.1. The zero-order valence-corrected chi connectivity index (χ0v) is 26.1. The smallest absolute Gasteiger partial charge is 0.410 e. The quantitative estimate of drug-likeness (QED) is 0.476. The molecule has 41 heavy (non-hydrogen) atoms. The number of nitrogens with zero attached hydrogens (tertiary/aromatic N) is 2. The third-order valence-corrected chi connectivity index (χ3v) is 9.45. The van der Waals surface area contributed by atoms with Crippen LogP contribution in [0.4, 0.5) is 9.59 Å². The molecule has 2 unspecified atom stereocenters. The Morgan fingerprint density at radius 3 is 2.51 bits per heavy atom. The number of rotatable bonds is 5. The highest BCUT2D eigenvalue weighted by molar-refractivity contribution is 7.99. The summed E-state index contributed by atoms with van der Waals surface area (Å²) in [4.78, 5) is 55.9. The molecule has 0 spiro atoms. The summed E-state index contributed by atoms with van der Waals surface area (Å²) in [5, 5.41) is 9.03. The van der Waals surface area contributed by atoms with Gasteiger partial charge in [-0.15, -0.1) is 11.8 Å². The Bertz CT molecular complexity index is 1170. The first-order valence-electron chi connectivity index (χ1n) is 14.5. The van der Waals surface area contributed by atoms with Crippen molar-refractivity contribution < 1.29 is 23.9 Å². The number of ether oxygens (including phenoxy) is 1. The molecule has 0 bridgehead atoms. The summed E-state index contributed by atoms with van der Waals surface area (Å²) >= 11 is 1.67. The Morgan fingerprint density at radius 2 is 1.80 bits per heavy atom. The standard InChI is InChI=1S/C30H45N5O5S/c1-18(34(7)28(39)40-29(2,3)4)24(36)31-22-15-16-41-23-17-30(5,6)26(35(23)25(22)37)33-27(38)32-21-14-10-12-19-11-8-9-13-20(19)21/h8-9,11,13,18,21-23,26H,10,12,14-17H2,1-7H3,(H,31,36)(H2,32,33,38)/t18-,21?,22?,23-,26-/m0/s1. The topological polar surface area (TPSA) is 120 Å². The number of carbonyl (C=O) groups excluding carboxylic acids is 4. The fourth-order valence-corrected chi connectivity index (χ4v) is 7.40. The van der Waals surface area contributed by atoms with Gasteiger partial charge in [-0.05, 0) is 76.7 Å². The Kier molecular flexibility index (Phi) is 9.16. The van der Waals surface area contributed by atoms with E-state index in [4.69, 9.17) is 4.74 Å². The van der Waals surface area contributed by atoms with Crippen LogP contribution in [0.15, 0.2) is 24.3 Å². The average molecular weight is 588 g/mol. The molecule has 1 aromatic rings. The molecule has 3 aliphatic rings. The molecule has 0 radical (unpaired) electrons. The number of thioether (sulfide) groups is 1.